The number of hydrogen-bond donors (Lipinski definition) is 0. The minimum atomic E-state index is -0.272. The number of nitrogens with zero attached hydrogens (tertiary/aromatic N) is 1. The van der Waals surface area contributed by atoms with Gasteiger partial charge < -0.3 is 4.84 Å². The molecule has 0 fully saturated rings. The molecule has 0 aromatic heterocycles. The zero-order valence-electron chi connectivity index (χ0n) is 10.7. The van der Waals surface area contributed by atoms with Crippen LogP contribution in [0.15, 0.2) is 53.7 Å². The van der Waals surface area contributed by atoms with E-state index in [1.165, 1.54) is 0 Å². The Morgan fingerprint density at radius 1 is 0.850 bits per heavy atom. The Bertz CT molecular complexity index is 660. The highest BCUT2D eigenvalue weighted by atomic mass is 35.5. The number of halogens is 1. The van der Waals surface area contributed by atoms with Crippen LogP contribution in [0.1, 0.15) is 18.4 Å². The quantitative estimate of drug-likeness (QED) is 0.781. The Kier molecular flexibility index (Phi) is 3.52. The second-order valence-corrected chi connectivity index (χ2v) is 5.02. The van der Waals surface area contributed by atoms with Gasteiger partial charge in [-0.05, 0) is 28.8 Å². The summed E-state index contributed by atoms with van der Waals surface area (Å²) in [6.07, 6.45) is 1.01. The van der Waals surface area contributed by atoms with Crippen molar-refractivity contribution in [2.45, 2.75) is 12.8 Å². The third-order valence-electron chi connectivity index (χ3n) is 3.22. The van der Waals surface area contributed by atoms with Crippen LogP contribution in [0.5, 0.6) is 0 Å². The maximum Gasteiger partial charge on any atom is 0.335 e. The zero-order chi connectivity index (χ0) is 13.9. The summed E-state index contributed by atoms with van der Waals surface area (Å²) in [5.74, 6) is -0.272. The molecule has 0 spiro atoms. The second kappa shape index (κ2) is 5.47. The molecule has 0 amide bonds. The molecule has 0 unspecified atom stereocenters. The monoisotopic (exact) mass is 285 g/mol. The highest BCUT2D eigenvalue weighted by Crippen LogP contribution is 2.23. The van der Waals surface area contributed by atoms with E-state index in [0.717, 1.165) is 27.4 Å². The van der Waals surface area contributed by atoms with E-state index in [1.807, 2.05) is 48.5 Å². The highest BCUT2D eigenvalue weighted by molar-refractivity contribution is 6.30. The predicted octanol–water partition coefficient (Wildman–Crippen LogP) is 4.05. The van der Waals surface area contributed by atoms with E-state index >= 15 is 0 Å². The van der Waals surface area contributed by atoms with E-state index in [4.69, 9.17) is 16.4 Å². The summed E-state index contributed by atoms with van der Waals surface area (Å²) >= 11 is 5.88. The molecule has 2 aromatic carbocycles. The number of hydrogen-bond acceptors (Lipinski definition) is 3. The van der Waals surface area contributed by atoms with Crippen LogP contribution < -0.4 is 0 Å². The fourth-order valence-corrected chi connectivity index (χ4v) is 2.24. The van der Waals surface area contributed by atoms with Gasteiger partial charge in [0.15, 0.2) is 0 Å². The van der Waals surface area contributed by atoms with Gasteiger partial charge in [-0.2, -0.15) is 0 Å². The number of carbonyl (C=O) groups is 1. The van der Waals surface area contributed by atoms with Gasteiger partial charge in [0.05, 0.1) is 12.1 Å². The number of carbonyl (C=O) groups excluding carboxylic acids is 1. The smallest absolute Gasteiger partial charge is 0.318 e. The Labute approximate surface area is 121 Å². The lowest BCUT2D eigenvalue weighted by Gasteiger charge is -2.11. The molecular weight excluding hydrogens is 274 g/mol. The van der Waals surface area contributed by atoms with Crippen molar-refractivity contribution in [2.75, 3.05) is 0 Å². The fraction of sp³-hybridized carbons (Fsp3) is 0.125. The van der Waals surface area contributed by atoms with Crippen LogP contribution in [0.25, 0.3) is 11.1 Å². The van der Waals surface area contributed by atoms with Crippen molar-refractivity contribution < 1.29 is 9.63 Å². The first-order valence-electron chi connectivity index (χ1n) is 6.35. The summed E-state index contributed by atoms with van der Waals surface area (Å²) in [4.78, 5) is 15.7. The van der Waals surface area contributed by atoms with Crippen molar-refractivity contribution in [3.63, 3.8) is 0 Å². The van der Waals surface area contributed by atoms with Crippen molar-refractivity contribution in [3.8, 4) is 11.1 Å². The Balaban J connectivity index is 1.84. The van der Waals surface area contributed by atoms with Crippen molar-refractivity contribution in [1.82, 2.24) is 0 Å². The molecule has 1 aliphatic rings. The van der Waals surface area contributed by atoms with Gasteiger partial charge in [0.1, 0.15) is 0 Å². The first kappa shape index (κ1) is 12.9. The van der Waals surface area contributed by atoms with Gasteiger partial charge in [-0.1, -0.05) is 53.2 Å². The number of rotatable bonds is 2. The number of benzene rings is 2. The second-order valence-electron chi connectivity index (χ2n) is 4.59. The minimum absolute atomic E-state index is 0.272. The average molecular weight is 286 g/mol. The molecule has 100 valence electrons. The van der Waals surface area contributed by atoms with Crippen LogP contribution >= 0.6 is 11.6 Å². The number of oxime groups is 1. The summed E-state index contributed by atoms with van der Waals surface area (Å²) in [5.41, 5.74) is 4.01. The lowest BCUT2D eigenvalue weighted by Crippen LogP contribution is -2.13. The molecule has 1 aliphatic heterocycles. The van der Waals surface area contributed by atoms with Crippen LogP contribution in [0, 0.1) is 0 Å². The fourth-order valence-electron chi connectivity index (χ4n) is 2.11. The SMILES string of the molecule is O=C1CCC(c2ccc(-c3ccc(Cl)cc3)cc2)=NO1. The average Bonchev–Trinajstić information content (AvgIpc) is 2.49. The predicted molar refractivity (Wildman–Crippen MR) is 78.8 cm³/mol. The molecule has 0 saturated heterocycles. The minimum Gasteiger partial charge on any atom is -0.318 e. The van der Waals surface area contributed by atoms with Crippen LogP contribution in [-0.4, -0.2) is 11.7 Å². The molecule has 0 radical (unpaired) electrons. The van der Waals surface area contributed by atoms with Crippen molar-refractivity contribution in [2.24, 2.45) is 5.16 Å². The van der Waals surface area contributed by atoms with E-state index in [9.17, 15) is 4.79 Å². The molecule has 3 nitrogen and oxygen atoms in total. The van der Waals surface area contributed by atoms with Crippen LogP contribution in [0.4, 0.5) is 0 Å². The van der Waals surface area contributed by atoms with Gasteiger partial charge in [-0.3, -0.25) is 0 Å². The van der Waals surface area contributed by atoms with Gasteiger partial charge in [-0.15, -0.1) is 0 Å². The molecule has 0 N–H and O–H groups in total. The van der Waals surface area contributed by atoms with Crippen molar-refractivity contribution in [1.29, 1.82) is 0 Å². The van der Waals surface area contributed by atoms with Crippen molar-refractivity contribution in [3.05, 3.63) is 59.1 Å². The largest absolute Gasteiger partial charge is 0.335 e. The molecule has 0 atom stereocenters. The molecule has 20 heavy (non-hydrogen) atoms. The summed E-state index contributed by atoms with van der Waals surface area (Å²) in [7, 11) is 0. The molecule has 4 heteroatoms. The van der Waals surface area contributed by atoms with E-state index < -0.39 is 0 Å². The van der Waals surface area contributed by atoms with Gasteiger partial charge in [-0.25, -0.2) is 4.79 Å². The van der Waals surface area contributed by atoms with E-state index in [1.54, 1.807) is 0 Å². The highest BCUT2D eigenvalue weighted by Gasteiger charge is 2.15. The lowest BCUT2D eigenvalue weighted by atomic mass is 10.0. The standard InChI is InChI=1S/C16H12ClNO2/c17-14-7-5-12(6-8-14)11-1-3-13(4-2-11)15-9-10-16(19)20-18-15/h1-8H,9-10H2. The maximum atomic E-state index is 11.0. The van der Waals surface area contributed by atoms with Gasteiger partial charge in [0, 0.05) is 11.4 Å². The summed E-state index contributed by atoms with van der Waals surface area (Å²) in [5, 5.41) is 4.57. The summed E-state index contributed by atoms with van der Waals surface area (Å²) in [6, 6.07) is 15.7. The first-order chi connectivity index (χ1) is 9.72. The van der Waals surface area contributed by atoms with Gasteiger partial charge in [0.25, 0.3) is 0 Å². The molecule has 0 saturated carbocycles. The zero-order valence-corrected chi connectivity index (χ0v) is 11.4. The van der Waals surface area contributed by atoms with Crippen molar-refractivity contribution >= 4 is 23.3 Å². The molecule has 1 heterocycles. The topological polar surface area (TPSA) is 38.7 Å². The van der Waals surface area contributed by atoms with Gasteiger partial charge >= 0.3 is 5.97 Å². The van der Waals surface area contributed by atoms with E-state index in [-0.39, 0.29) is 5.97 Å². The van der Waals surface area contributed by atoms with Gasteiger partial charge in [0.2, 0.25) is 0 Å². The van der Waals surface area contributed by atoms with Crippen LogP contribution in [-0.2, 0) is 9.63 Å². The first-order valence-corrected chi connectivity index (χ1v) is 6.73. The lowest BCUT2D eigenvalue weighted by molar-refractivity contribution is -0.144. The van der Waals surface area contributed by atoms with Crippen LogP contribution in [0.3, 0.4) is 0 Å². The normalized spacial score (nSPS) is 14.7. The molecular formula is C16H12ClNO2. The van der Waals surface area contributed by atoms with E-state index in [2.05, 4.69) is 5.16 Å². The molecule has 2 aromatic rings. The Hall–Kier alpha value is -2.13. The molecule has 3 rings (SSSR count). The molecule has 0 bridgehead atoms. The van der Waals surface area contributed by atoms with E-state index in [0.29, 0.717) is 12.8 Å². The third-order valence-corrected chi connectivity index (χ3v) is 3.47. The Morgan fingerprint density at radius 2 is 1.40 bits per heavy atom. The summed E-state index contributed by atoms with van der Waals surface area (Å²) < 4.78 is 0. The summed E-state index contributed by atoms with van der Waals surface area (Å²) in [6.45, 7) is 0. The third kappa shape index (κ3) is 2.73. The van der Waals surface area contributed by atoms with Crippen LogP contribution in [0.2, 0.25) is 5.02 Å². The molecule has 0 aliphatic carbocycles. The maximum absolute atomic E-state index is 11.0. The Morgan fingerprint density at radius 3 is 1.95 bits per heavy atom.